The van der Waals surface area contributed by atoms with Crippen molar-refractivity contribution in [3.05, 3.63) is 70.8 Å². The Kier molecular flexibility index (Phi) is 4.28. The zero-order chi connectivity index (χ0) is 14.9. The highest BCUT2D eigenvalue weighted by Crippen LogP contribution is 2.33. The minimum absolute atomic E-state index is 0.0995. The molecule has 0 radical (unpaired) electrons. The molecule has 0 aliphatic rings. The molecule has 0 nitrogen and oxygen atoms in total. The number of alkyl halides is 1. The topological polar surface area (TPSA) is 0 Å². The zero-order valence-corrected chi connectivity index (χ0v) is 13.3. The van der Waals surface area contributed by atoms with Crippen LogP contribution in [0.2, 0.25) is 0 Å². The van der Waals surface area contributed by atoms with Crippen molar-refractivity contribution in [3.63, 3.8) is 0 Å². The average molecular weight is 339 g/mol. The largest absolute Gasteiger partial charge is 0.204 e. The molecule has 0 aromatic heterocycles. The highest BCUT2D eigenvalue weighted by atomic mass is 79.9. The molecule has 0 amide bonds. The van der Waals surface area contributed by atoms with Gasteiger partial charge in [-0.1, -0.05) is 67.0 Å². The van der Waals surface area contributed by atoms with E-state index in [2.05, 4.69) is 48.8 Å². The normalized spacial score (nSPS) is 13.3. The molecule has 2 rings (SSSR count). The summed E-state index contributed by atoms with van der Waals surface area (Å²) in [5.41, 5.74) is 3.06. The number of hydrogen-bond donors (Lipinski definition) is 0. The average Bonchev–Trinajstić information content (AvgIpc) is 2.40. The molecule has 106 valence electrons. The van der Waals surface area contributed by atoms with Gasteiger partial charge in [0.15, 0.2) is 11.6 Å². The van der Waals surface area contributed by atoms with Gasteiger partial charge in [-0.05, 0) is 34.2 Å². The van der Waals surface area contributed by atoms with Gasteiger partial charge >= 0.3 is 0 Å². The van der Waals surface area contributed by atoms with Crippen LogP contribution >= 0.6 is 15.9 Å². The predicted octanol–water partition coefficient (Wildman–Crippen LogP) is 5.75. The van der Waals surface area contributed by atoms with Crippen molar-refractivity contribution < 1.29 is 8.78 Å². The Morgan fingerprint density at radius 3 is 1.90 bits per heavy atom. The fourth-order valence-electron chi connectivity index (χ4n) is 2.01. The highest BCUT2D eigenvalue weighted by molar-refractivity contribution is 9.09. The molecular weight excluding hydrogens is 322 g/mol. The van der Waals surface area contributed by atoms with Crippen LogP contribution in [-0.2, 0) is 5.41 Å². The van der Waals surface area contributed by atoms with Gasteiger partial charge in [-0.15, -0.1) is 0 Å². The van der Waals surface area contributed by atoms with Crippen molar-refractivity contribution >= 4 is 15.9 Å². The lowest BCUT2D eigenvalue weighted by atomic mass is 9.86. The van der Waals surface area contributed by atoms with Crippen LogP contribution in [0, 0.1) is 11.6 Å². The van der Waals surface area contributed by atoms with Crippen molar-refractivity contribution in [2.45, 2.75) is 31.0 Å². The Bertz CT molecular complexity index is 597. The first-order valence-electron chi connectivity index (χ1n) is 6.48. The van der Waals surface area contributed by atoms with Gasteiger partial charge in [0, 0.05) is 0 Å². The molecule has 0 saturated heterocycles. The second-order valence-corrected chi connectivity index (χ2v) is 6.82. The lowest BCUT2D eigenvalue weighted by Gasteiger charge is -2.20. The molecular formula is C17H17BrF2. The second-order valence-electron chi connectivity index (χ2n) is 5.91. The molecule has 20 heavy (non-hydrogen) atoms. The van der Waals surface area contributed by atoms with Crippen LogP contribution in [0.3, 0.4) is 0 Å². The smallest absolute Gasteiger partial charge is 0.159 e. The van der Waals surface area contributed by atoms with Crippen molar-refractivity contribution in [1.82, 2.24) is 0 Å². The molecule has 0 fully saturated rings. The molecule has 2 aromatic rings. The van der Waals surface area contributed by atoms with Crippen molar-refractivity contribution in [2.75, 3.05) is 0 Å². The van der Waals surface area contributed by atoms with E-state index in [0.717, 1.165) is 11.6 Å². The summed E-state index contributed by atoms with van der Waals surface area (Å²) in [6.07, 6.45) is 0. The monoisotopic (exact) mass is 338 g/mol. The summed E-state index contributed by atoms with van der Waals surface area (Å²) in [5, 5.41) is 0. The third-order valence-corrected chi connectivity index (χ3v) is 4.36. The van der Waals surface area contributed by atoms with Gasteiger partial charge < -0.3 is 0 Å². The summed E-state index contributed by atoms with van der Waals surface area (Å²) < 4.78 is 26.2. The second kappa shape index (κ2) is 5.65. The van der Waals surface area contributed by atoms with E-state index >= 15 is 0 Å². The Balaban J connectivity index is 2.29. The molecule has 0 aliphatic heterocycles. The van der Waals surface area contributed by atoms with Crippen LogP contribution in [-0.4, -0.2) is 0 Å². The molecule has 0 saturated carbocycles. The Morgan fingerprint density at radius 2 is 1.40 bits per heavy atom. The van der Waals surface area contributed by atoms with Crippen molar-refractivity contribution in [1.29, 1.82) is 0 Å². The number of hydrogen-bond acceptors (Lipinski definition) is 0. The third-order valence-electron chi connectivity index (χ3n) is 3.31. The minimum Gasteiger partial charge on any atom is -0.204 e. The molecule has 1 unspecified atom stereocenters. The zero-order valence-electron chi connectivity index (χ0n) is 11.8. The van der Waals surface area contributed by atoms with E-state index in [0.29, 0.717) is 5.56 Å². The lowest BCUT2D eigenvalue weighted by molar-refractivity contribution is 0.507. The molecule has 1 atom stereocenters. The SMILES string of the molecule is CC(C)(C)c1ccc(C(Br)c2ccc(F)c(F)c2)cc1. The summed E-state index contributed by atoms with van der Waals surface area (Å²) in [6.45, 7) is 6.47. The number of halogens is 3. The molecule has 0 bridgehead atoms. The van der Waals surface area contributed by atoms with Crippen LogP contribution in [0.1, 0.15) is 42.3 Å². The van der Waals surface area contributed by atoms with Crippen LogP contribution < -0.4 is 0 Å². The van der Waals surface area contributed by atoms with E-state index in [1.807, 2.05) is 12.1 Å². The number of benzene rings is 2. The first kappa shape index (κ1) is 15.2. The van der Waals surface area contributed by atoms with Gasteiger partial charge in [0.25, 0.3) is 0 Å². The first-order chi connectivity index (χ1) is 9.29. The molecule has 3 heteroatoms. The fraction of sp³-hybridized carbons (Fsp3) is 0.294. The van der Waals surface area contributed by atoms with Gasteiger partial charge in [0.1, 0.15) is 0 Å². The molecule has 0 heterocycles. The van der Waals surface area contributed by atoms with Gasteiger partial charge in [-0.3, -0.25) is 0 Å². The van der Waals surface area contributed by atoms with Gasteiger partial charge in [0.05, 0.1) is 4.83 Å². The van der Waals surface area contributed by atoms with E-state index in [-0.39, 0.29) is 10.2 Å². The van der Waals surface area contributed by atoms with E-state index in [1.54, 1.807) is 6.07 Å². The summed E-state index contributed by atoms with van der Waals surface area (Å²) in [7, 11) is 0. The van der Waals surface area contributed by atoms with E-state index < -0.39 is 11.6 Å². The standard InChI is InChI=1S/C17H17BrF2/c1-17(2,3)13-7-4-11(5-8-13)16(18)12-6-9-14(19)15(20)10-12/h4-10,16H,1-3H3. The quantitative estimate of drug-likeness (QED) is 0.612. The Morgan fingerprint density at radius 1 is 0.850 bits per heavy atom. The summed E-state index contributed by atoms with van der Waals surface area (Å²) >= 11 is 3.54. The fourth-order valence-corrected chi connectivity index (χ4v) is 2.60. The maximum atomic E-state index is 13.3. The maximum absolute atomic E-state index is 13.3. The highest BCUT2D eigenvalue weighted by Gasteiger charge is 2.16. The first-order valence-corrected chi connectivity index (χ1v) is 7.40. The Labute approximate surface area is 127 Å². The van der Waals surface area contributed by atoms with Crippen LogP contribution in [0.15, 0.2) is 42.5 Å². The maximum Gasteiger partial charge on any atom is 0.159 e. The third kappa shape index (κ3) is 3.26. The van der Waals surface area contributed by atoms with E-state index in [4.69, 9.17) is 0 Å². The summed E-state index contributed by atoms with van der Waals surface area (Å²) in [5.74, 6) is -1.64. The van der Waals surface area contributed by atoms with Crippen molar-refractivity contribution in [2.24, 2.45) is 0 Å². The van der Waals surface area contributed by atoms with Crippen molar-refractivity contribution in [3.8, 4) is 0 Å². The van der Waals surface area contributed by atoms with Gasteiger partial charge in [-0.2, -0.15) is 0 Å². The lowest BCUT2D eigenvalue weighted by Crippen LogP contribution is -2.10. The minimum atomic E-state index is -0.823. The van der Waals surface area contributed by atoms with E-state index in [1.165, 1.54) is 11.6 Å². The summed E-state index contributed by atoms with van der Waals surface area (Å²) in [6, 6.07) is 12.2. The van der Waals surface area contributed by atoms with Crippen LogP contribution in [0.25, 0.3) is 0 Å². The number of rotatable bonds is 2. The molecule has 0 aliphatic carbocycles. The van der Waals surface area contributed by atoms with Gasteiger partial charge in [-0.25, -0.2) is 8.78 Å². The summed E-state index contributed by atoms with van der Waals surface area (Å²) in [4.78, 5) is -0.147. The van der Waals surface area contributed by atoms with Crippen LogP contribution in [0.4, 0.5) is 8.78 Å². The molecule has 2 aromatic carbocycles. The molecule has 0 N–H and O–H groups in total. The van der Waals surface area contributed by atoms with E-state index in [9.17, 15) is 8.78 Å². The van der Waals surface area contributed by atoms with Crippen LogP contribution in [0.5, 0.6) is 0 Å². The predicted molar refractivity (Wildman–Crippen MR) is 82.3 cm³/mol. The molecule has 0 spiro atoms. The Hall–Kier alpha value is -1.22. The van der Waals surface area contributed by atoms with Gasteiger partial charge in [0.2, 0.25) is 0 Å².